The average molecular weight is 363 g/mol. The van der Waals surface area contributed by atoms with E-state index < -0.39 is 0 Å². The molecule has 4 aromatic heterocycles. The van der Waals surface area contributed by atoms with Crippen molar-refractivity contribution in [3.05, 3.63) is 64.3 Å². The summed E-state index contributed by atoms with van der Waals surface area (Å²) in [4.78, 5) is 12.2. The molecule has 26 heavy (non-hydrogen) atoms. The summed E-state index contributed by atoms with van der Waals surface area (Å²) in [6, 6.07) is 8.13. The Labute approximate surface area is 155 Å². The van der Waals surface area contributed by atoms with Gasteiger partial charge in [-0.05, 0) is 30.7 Å². The highest BCUT2D eigenvalue weighted by molar-refractivity contribution is 6.31. The number of fused-ring (bicyclic) bond motifs is 1. The van der Waals surface area contributed by atoms with E-state index in [0.29, 0.717) is 22.7 Å². The van der Waals surface area contributed by atoms with Crippen LogP contribution >= 0.6 is 11.6 Å². The third kappa shape index (κ3) is 2.83. The first-order valence-corrected chi connectivity index (χ1v) is 8.45. The van der Waals surface area contributed by atoms with E-state index >= 15 is 0 Å². The fourth-order valence-electron chi connectivity index (χ4n) is 3.05. The number of H-pyrrole nitrogens is 1. The Morgan fingerprint density at radius 3 is 2.88 bits per heavy atom. The molecule has 0 amide bonds. The Hall–Kier alpha value is -3.17. The fraction of sp³-hybridized carbons (Fsp3) is 0.158. The molecule has 4 aromatic rings. The standard InChI is InChI=1S/C19H15ClN6/c1-11-3-4-22-16(5-11)14-6-13(7-17-15(20)10-26(2)25-17)24-19-18(14)12(8-21)9-23-19/h3-6,9-10H,7H2,1-2H3,(H,23,24). The molecule has 0 fully saturated rings. The van der Waals surface area contributed by atoms with Gasteiger partial charge in [-0.1, -0.05) is 11.6 Å². The molecule has 0 aliphatic carbocycles. The van der Waals surface area contributed by atoms with E-state index in [1.165, 1.54) is 0 Å². The summed E-state index contributed by atoms with van der Waals surface area (Å²) < 4.78 is 1.68. The summed E-state index contributed by atoms with van der Waals surface area (Å²) >= 11 is 6.24. The van der Waals surface area contributed by atoms with E-state index in [0.717, 1.165) is 33.6 Å². The number of nitrogens with one attached hydrogen (secondary N) is 1. The SMILES string of the molecule is Cc1ccnc(-c2cc(Cc3nn(C)cc3Cl)nc3[nH]cc(C#N)c23)c1. The number of nitriles is 1. The molecule has 128 valence electrons. The maximum atomic E-state index is 9.45. The molecule has 0 saturated carbocycles. The largest absolute Gasteiger partial charge is 0.345 e. The lowest BCUT2D eigenvalue weighted by atomic mass is 10.0. The molecule has 0 unspecified atom stereocenters. The van der Waals surface area contributed by atoms with Crippen LogP contribution in [0.1, 0.15) is 22.5 Å². The van der Waals surface area contributed by atoms with Crippen LogP contribution in [0.4, 0.5) is 0 Å². The summed E-state index contributed by atoms with van der Waals surface area (Å²) in [5, 5.41) is 15.2. The zero-order valence-electron chi connectivity index (χ0n) is 14.3. The molecule has 7 heteroatoms. The van der Waals surface area contributed by atoms with Crippen molar-refractivity contribution in [2.75, 3.05) is 0 Å². The molecule has 0 saturated heterocycles. The van der Waals surface area contributed by atoms with Gasteiger partial charge in [0.1, 0.15) is 11.7 Å². The van der Waals surface area contributed by atoms with Crippen LogP contribution in [0, 0.1) is 18.3 Å². The number of aromatic nitrogens is 5. The fourth-order valence-corrected chi connectivity index (χ4v) is 3.29. The lowest BCUT2D eigenvalue weighted by Gasteiger charge is -2.08. The van der Waals surface area contributed by atoms with Crippen molar-refractivity contribution in [1.29, 1.82) is 5.26 Å². The number of aromatic amines is 1. The minimum Gasteiger partial charge on any atom is -0.345 e. The molecule has 0 aromatic carbocycles. The number of pyridine rings is 2. The van der Waals surface area contributed by atoms with Gasteiger partial charge in [0.15, 0.2) is 0 Å². The first kappa shape index (κ1) is 16.3. The highest BCUT2D eigenvalue weighted by Crippen LogP contribution is 2.31. The van der Waals surface area contributed by atoms with Crippen LogP contribution in [0.25, 0.3) is 22.3 Å². The van der Waals surface area contributed by atoms with Crippen LogP contribution < -0.4 is 0 Å². The number of hydrogen-bond donors (Lipinski definition) is 1. The minimum atomic E-state index is 0.495. The Morgan fingerprint density at radius 2 is 2.19 bits per heavy atom. The number of hydrogen-bond acceptors (Lipinski definition) is 4. The first-order valence-electron chi connectivity index (χ1n) is 8.07. The van der Waals surface area contributed by atoms with Crippen molar-refractivity contribution in [2.45, 2.75) is 13.3 Å². The van der Waals surface area contributed by atoms with Crippen molar-refractivity contribution in [3.63, 3.8) is 0 Å². The van der Waals surface area contributed by atoms with Crippen LogP contribution in [0.2, 0.25) is 5.02 Å². The van der Waals surface area contributed by atoms with E-state index in [1.54, 1.807) is 23.3 Å². The van der Waals surface area contributed by atoms with Crippen molar-refractivity contribution >= 4 is 22.6 Å². The maximum absolute atomic E-state index is 9.45. The number of aryl methyl sites for hydroxylation is 2. The predicted octanol–water partition coefficient (Wildman–Crippen LogP) is 3.78. The summed E-state index contributed by atoms with van der Waals surface area (Å²) in [7, 11) is 1.83. The number of nitrogens with zero attached hydrogens (tertiary/aromatic N) is 5. The lowest BCUT2D eigenvalue weighted by Crippen LogP contribution is -1.98. The van der Waals surface area contributed by atoms with Crippen molar-refractivity contribution < 1.29 is 0 Å². The Morgan fingerprint density at radius 1 is 1.35 bits per heavy atom. The third-order valence-electron chi connectivity index (χ3n) is 4.21. The van der Waals surface area contributed by atoms with E-state index in [4.69, 9.17) is 11.6 Å². The van der Waals surface area contributed by atoms with Gasteiger partial charge in [0.25, 0.3) is 0 Å². The second-order valence-electron chi connectivity index (χ2n) is 6.19. The molecular formula is C19H15ClN6. The monoisotopic (exact) mass is 362 g/mol. The van der Waals surface area contributed by atoms with Crippen LogP contribution in [-0.2, 0) is 13.5 Å². The summed E-state index contributed by atoms with van der Waals surface area (Å²) in [5.41, 5.74) is 5.56. The van der Waals surface area contributed by atoms with Gasteiger partial charge in [-0.3, -0.25) is 9.67 Å². The zero-order chi connectivity index (χ0) is 18.3. The quantitative estimate of drug-likeness (QED) is 0.601. The molecule has 0 spiro atoms. The summed E-state index contributed by atoms with van der Waals surface area (Å²) in [6.07, 6.45) is 5.70. The van der Waals surface area contributed by atoms with Gasteiger partial charge in [-0.2, -0.15) is 10.4 Å². The Bertz CT molecular complexity index is 1160. The smallest absolute Gasteiger partial charge is 0.139 e. The highest BCUT2D eigenvalue weighted by atomic mass is 35.5. The van der Waals surface area contributed by atoms with Gasteiger partial charge in [-0.15, -0.1) is 0 Å². The normalized spacial score (nSPS) is 11.0. The summed E-state index contributed by atoms with van der Waals surface area (Å²) in [5.74, 6) is 0. The van der Waals surface area contributed by atoms with Crippen LogP contribution in [-0.4, -0.2) is 24.7 Å². The van der Waals surface area contributed by atoms with Gasteiger partial charge in [-0.25, -0.2) is 4.98 Å². The molecule has 0 radical (unpaired) electrons. The Kier molecular flexibility index (Phi) is 3.94. The molecule has 1 N–H and O–H groups in total. The molecule has 0 atom stereocenters. The molecule has 0 bridgehead atoms. The van der Waals surface area contributed by atoms with E-state index in [1.807, 2.05) is 32.2 Å². The first-order chi connectivity index (χ1) is 12.5. The lowest BCUT2D eigenvalue weighted by molar-refractivity contribution is 0.747. The van der Waals surface area contributed by atoms with Crippen molar-refractivity contribution in [3.8, 4) is 17.3 Å². The topological polar surface area (TPSA) is 83.2 Å². The Balaban J connectivity index is 1.91. The number of rotatable bonds is 3. The van der Waals surface area contributed by atoms with Gasteiger partial charge in [0.05, 0.1) is 22.0 Å². The summed E-state index contributed by atoms with van der Waals surface area (Å²) in [6.45, 7) is 2.01. The van der Waals surface area contributed by atoms with Gasteiger partial charge in [0, 0.05) is 48.7 Å². The highest BCUT2D eigenvalue weighted by Gasteiger charge is 2.16. The van der Waals surface area contributed by atoms with Crippen LogP contribution in [0.3, 0.4) is 0 Å². The molecule has 0 aliphatic heterocycles. The average Bonchev–Trinajstić information content (AvgIpc) is 3.16. The predicted molar refractivity (Wildman–Crippen MR) is 99.8 cm³/mol. The van der Waals surface area contributed by atoms with Crippen molar-refractivity contribution in [2.24, 2.45) is 7.05 Å². The second kappa shape index (κ2) is 6.28. The van der Waals surface area contributed by atoms with Gasteiger partial charge < -0.3 is 4.98 Å². The molecule has 6 nitrogen and oxygen atoms in total. The zero-order valence-corrected chi connectivity index (χ0v) is 15.0. The molecular weight excluding hydrogens is 348 g/mol. The third-order valence-corrected chi connectivity index (χ3v) is 4.53. The second-order valence-corrected chi connectivity index (χ2v) is 6.60. The maximum Gasteiger partial charge on any atom is 0.139 e. The number of halogens is 1. The minimum absolute atomic E-state index is 0.495. The molecule has 4 rings (SSSR count). The van der Waals surface area contributed by atoms with Crippen LogP contribution in [0.5, 0.6) is 0 Å². The van der Waals surface area contributed by atoms with Crippen molar-refractivity contribution in [1.82, 2.24) is 24.7 Å². The van der Waals surface area contributed by atoms with Gasteiger partial charge >= 0.3 is 0 Å². The molecule has 4 heterocycles. The van der Waals surface area contributed by atoms with E-state index in [9.17, 15) is 5.26 Å². The van der Waals surface area contributed by atoms with Gasteiger partial charge in [0.2, 0.25) is 0 Å². The van der Waals surface area contributed by atoms with E-state index in [2.05, 4.69) is 26.1 Å². The molecule has 0 aliphatic rings. The van der Waals surface area contributed by atoms with Crippen LogP contribution in [0.15, 0.2) is 36.8 Å². The van der Waals surface area contributed by atoms with E-state index in [-0.39, 0.29) is 0 Å².